The first-order valence-electron chi connectivity index (χ1n) is 6.71. The summed E-state index contributed by atoms with van der Waals surface area (Å²) in [6.45, 7) is 4.64. The van der Waals surface area contributed by atoms with E-state index in [0.717, 1.165) is 42.8 Å². The summed E-state index contributed by atoms with van der Waals surface area (Å²) in [4.78, 5) is 0. The number of hydrogen-bond donors (Lipinski definition) is 1. The molecule has 0 saturated heterocycles. The molecule has 19 heavy (non-hydrogen) atoms. The summed E-state index contributed by atoms with van der Waals surface area (Å²) in [6, 6.07) is 10.2. The Labute approximate surface area is 114 Å². The topological polar surface area (TPSA) is 34.4 Å². The molecule has 0 aliphatic rings. The van der Waals surface area contributed by atoms with Gasteiger partial charge in [0.25, 0.3) is 0 Å². The molecule has 0 atom stereocenters. The first-order valence-corrected chi connectivity index (χ1v) is 6.71. The summed E-state index contributed by atoms with van der Waals surface area (Å²) >= 11 is 0. The normalized spacial score (nSPS) is 12.2. The number of rotatable bonds is 7. The van der Waals surface area contributed by atoms with Gasteiger partial charge in [-0.2, -0.15) is 0 Å². The van der Waals surface area contributed by atoms with Gasteiger partial charge in [-0.25, -0.2) is 0 Å². The zero-order valence-electron chi connectivity index (χ0n) is 11.6. The molecule has 1 aromatic heterocycles. The number of fused-ring (bicyclic) bond motifs is 1. The second-order valence-corrected chi connectivity index (χ2v) is 4.51. The fraction of sp³-hybridized carbons (Fsp3) is 0.375. The Morgan fingerprint density at radius 2 is 2.21 bits per heavy atom. The van der Waals surface area contributed by atoms with Gasteiger partial charge >= 0.3 is 0 Å². The Morgan fingerprint density at radius 1 is 1.37 bits per heavy atom. The van der Waals surface area contributed by atoms with E-state index in [-0.39, 0.29) is 0 Å². The molecule has 0 aliphatic carbocycles. The molecule has 1 aromatic carbocycles. The Balaban J connectivity index is 2.04. The van der Waals surface area contributed by atoms with Crippen molar-refractivity contribution in [2.45, 2.75) is 13.3 Å². The lowest BCUT2D eigenvalue weighted by Gasteiger charge is -2.06. The standard InChI is InChI=1S/C16H21NO2/c1-3-13(12-17-8-9-18-2)10-15-11-14-6-4-5-7-16(14)19-15/h4-7,10-11,17H,3,8-9,12H2,1-2H3. The van der Waals surface area contributed by atoms with Crippen LogP contribution in [0.5, 0.6) is 0 Å². The average Bonchev–Trinajstić information content (AvgIpc) is 2.84. The highest BCUT2D eigenvalue weighted by Gasteiger charge is 2.02. The Bertz CT molecular complexity index is 509. The van der Waals surface area contributed by atoms with E-state index in [0.29, 0.717) is 0 Å². The molecule has 3 nitrogen and oxygen atoms in total. The van der Waals surface area contributed by atoms with Gasteiger partial charge in [0.2, 0.25) is 0 Å². The first-order chi connectivity index (χ1) is 9.33. The minimum Gasteiger partial charge on any atom is -0.457 e. The van der Waals surface area contributed by atoms with Crippen molar-refractivity contribution in [1.82, 2.24) is 5.32 Å². The number of ether oxygens (including phenoxy) is 1. The average molecular weight is 259 g/mol. The van der Waals surface area contributed by atoms with Gasteiger partial charge in [0.05, 0.1) is 6.61 Å². The summed E-state index contributed by atoms with van der Waals surface area (Å²) in [5.41, 5.74) is 2.27. The van der Waals surface area contributed by atoms with Crippen LogP contribution in [0.2, 0.25) is 0 Å². The molecule has 2 aromatic rings. The van der Waals surface area contributed by atoms with Gasteiger partial charge in [-0.15, -0.1) is 0 Å². The van der Waals surface area contributed by atoms with Crippen LogP contribution in [0.25, 0.3) is 17.0 Å². The maximum Gasteiger partial charge on any atom is 0.134 e. The highest BCUT2D eigenvalue weighted by atomic mass is 16.5. The molecule has 1 heterocycles. The number of furan rings is 1. The van der Waals surface area contributed by atoms with Crippen molar-refractivity contribution < 1.29 is 9.15 Å². The van der Waals surface area contributed by atoms with Gasteiger partial charge in [-0.1, -0.05) is 30.7 Å². The fourth-order valence-electron chi connectivity index (χ4n) is 1.98. The largest absolute Gasteiger partial charge is 0.457 e. The molecule has 0 fully saturated rings. The molecular weight excluding hydrogens is 238 g/mol. The van der Waals surface area contributed by atoms with Crippen LogP contribution in [0.1, 0.15) is 19.1 Å². The number of para-hydroxylation sites is 1. The summed E-state index contributed by atoms with van der Waals surface area (Å²) in [5.74, 6) is 0.923. The van der Waals surface area contributed by atoms with Crippen LogP contribution in [0.4, 0.5) is 0 Å². The molecule has 3 heteroatoms. The van der Waals surface area contributed by atoms with Crippen LogP contribution in [-0.2, 0) is 4.74 Å². The second kappa shape index (κ2) is 7.12. The monoisotopic (exact) mass is 259 g/mol. The zero-order valence-corrected chi connectivity index (χ0v) is 11.6. The van der Waals surface area contributed by atoms with Gasteiger partial charge in [0.1, 0.15) is 11.3 Å². The lowest BCUT2D eigenvalue weighted by Crippen LogP contribution is -2.21. The smallest absolute Gasteiger partial charge is 0.134 e. The summed E-state index contributed by atoms with van der Waals surface area (Å²) in [6.07, 6.45) is 3.14. The third-order valence-corrected chi connectivity index (χ3v) is 3.08. The van der Waals surface area contributed by atoms with Crippen LogP contribution in [0.15, 0.2) is 40.3 Å². The van der Waals surface area contributed by atoms with Gasteiger partial charge in [0, 0.05) is 25.6 Å². The molecule has 0 radical (unpaired) electrons. The maximum atomic E-state index is 5.80. The molecule has 0 aliphatic heterocycles. The summed E-state index contributed by atoms with van der Waals surface area (Å²) < 4.78 is 10.8. The minimum atomic E-state index is 0.738. The predicted molar refractivity (Wildman–Crippen MR) is 79.2 cm³/mol. The third kappa shape index (κ3) is 3.94. The Morgan fingerprint density at radius 3 is 2.95 bits per heavy atom. The highest BCUT2D eigenvalue weighted by Crippen LogP contribution is 2.21. The van der Waals surface area contributed by atoms with E-state index >= 15 is 0 Å². The predicted octanol–water partition coefficient (Wildman–Crippen LogP) is 3.46. The second-order valence-electron chi connectivity index (χ2n) is 4.51. The minimum absolute atomic E-state index is 0.738. The van der Waals surface area contributed by atoms with Crippen molar-refractivity contribution in [1.29, 1.82) is 0 Å². The van der Waals surface area contributed by atoms with E-state index in [1.807, 2.05) is 18.2 Å². The van der Waals surface area contributed by atoms with E-state index in [1.165, 1.54) is 5.57 Å². The van der Waals surface area contributed by atoms with Crippen LogP contribution >= 0.6 is 0 Å². The molecule has 102 valence electrons. The van der Waals surface area contributed by atoms with Crippen molar-refractivity contribution in [3.63, 3.8) is 0 Å². The molecule has 0 unspecified atom stereocenters. The Kier molecular flexibility index (Phi) is 5.19. The number of hydrogen-bond acceptors (Lipinski definition) is 3. The van der Waals surface area contributed by atoms with Crippen molar-refractivity contribution in [2.75, 3.05) is 26.8 Å². The lowest BCUT2D eigenvalue weighted by molar-refractivity contribution is 0.200. The van der Waals surface area contributed by atoms with Gasteiger partial charge in [0.15, 0.2) is 0 Å². The number of benzene rings is 1. The van der Waals surface area contributed by atoms with Crippen LogP contribution < -0.4 is 5.32 Å². The van der Waals surface area contributed by atoms with Crippen molar-refractivity contribution in [3.05, 3.63) is 41.7 Å². The highest BCUT2D eigenvalue weighted by molar-refractivity contribution is 5.79. The molecule has 0 saturated carbocycles. The van der Waals surface area contributed by atoms with Crippen LogP contribution in [0.3, 0.4) is 0 Å². The molecule has 0 bridgehead atoms. The van der Waals surface area contributed by atoms with Crippen LogP contribution in [0, 0.1) is 0 Å². The Hall–Kier alpha value is -1.58. The first kappa shape index (κ1) is 13.8. The fourth-order valence-corrected chi connectivity index (χ4v) is 1.98. The quantitative estimate of drug-likeness (QED) is 0.773. The van der Waals surface area contributed by atoms with Crippen molar-refractivity contribution >= 4 is 17.0 Å². The van der Waals surface area contributed by atoms with Crippen molar-refractivity contribution in [2.24, 2.45) is 0 Å². The van der Waals surface area contributed by atoms with Crippen LogP contribution in [-0.4, -0.2) is 26.8 Å². The van der Waals surface area contributed by atoms with E-state index in [4.69, 9.17) is 9.15 Å². The van der Waals surface area contributed by atoms with E-state index in [1.54, 1.807) is 7.11 Å². The number of methoxy groups -OCH3 is 1. The zero-order chi connectivity index (χ0) is 13.5. The van der Waals surface area contributed by atoms with Gasteiger partial charge in [-0.3, -0.25) is 0 Å². The van der Waals surface area contributed by atoms with E-state index in [2.05, 4.69) is 30.4 Å². The third-order valence-electron chi connectivity index (χ3n) is 3.08. The molecular formula is C16H21NO2. The lowest BCUT2D eigenvalue weighted by atomic mass is 10.1. The van der Waals surface area contributed by atoms with Gasteiger partial charge < -0.3 is 14.5 Å². The molecule has 0 spiro atoms. The summed E-state index contributed by atoms with van der Waals surface area (Å²) in [5, 5.41) is 4.51. The molecule has 1 N–H and O–H groups in total. The van der Waals surface area contributed by atoms with E-state index < -0.39 is 0 Å². The van der Waals surface area contributed by atoms with Crippen molar-refractivity contribution in [3.8, 4) is 0 Å². The van der Waals surface area contributed by atoms with Gasteiger partial charge in [-0.05, 0) is 24.6 Å². The number of nitrogens with one attached hydrogen (secondary N) is 1. The van der Waals surface area contributed by atoms with E-state index in [9.17, 15) is 0 Å². The maximum absolute atomic E-state index is 5.80. The SMILES string of the molecule is CCC(=Cc1cc2ccccc2o1)CNCCOC. The molecule has 0 amide bonds. The molecule has 2 rings (SSSR count). The summed E-state index contributed by atoms with van der Waals surface area (Å²) in [7, 11) is 1.71.